The minimum Gasteiger partial charge on any atom is -0.324 e. The summed E-state index contributed by atoms with van der Waals surface area (Å²) in [5.41, 5.74) is 2.43. The quantitative estimate of drug-likeness (QED) is 0.519. The van der Waals surface area contributed by atoms with Crippen molar-refractivity contribution in [1.82, 2.24) is 9.13 Å². The van der Waals surface area contributed by atoms with E-state index in [-0.39, 0.29) is 12.5 Å². The van der Waals surface area contributed by atoms with Gasteiger partial charge in [0.25, 0.3) is 5.56 Å². The molecule has 0 aliphatic heterocycles. The number of aromatic nitrogens is 2. The van der Waals surface area contributed by atoms with Gasteiger partial charge in [0.15, 0.2) is 0 Å². The fourth-order valence-corrected chi connectivity index (χ4v) is 4.34. The molecule has 0 saturated heterocycles. The van der Waals surface area contributed by atoms with E-state index < -0.39 is 11.2 Å². The Morgan fingerprint density at radius 2 is 1.70 bits per heavy atom. The zero-order valence-corrected chi connectivity index (χ0v) is 17.9. The van der Waals surface area contributed by atoms with Gasteiger partial charge < -0.3 is 5.32 Å². The van der Waals surface area contributed by atoms with E-state index in [1.807, 2.05) is 32.0 Å². The lowest BCUT2D eigenvalue weighted by Gasteiger charge is -2.14. The summed E-state index contributed by atoms with van der Waals surface area (Å²) in [5.74, 6) is -0.344. The molecule has 0 radical (unpaired) electrons. The van der Waals surface area contributed by atoms with E-state index in [9.17, 15) is 14.4 Å². The summed E-state index contributed by atoms with van der Waals surface area (Å²) >= 11 is 7.17. The Morgan fingerprint density at radius 1 is 1.03 bits per heavy atom. The lowest BCUT2D eigenvalue weighted by molar-refractivity contribution is -0.116. The normalized spacial score (nSPS) is 11.0. The number of thiophene rings is 1. The third-order valence-corrected chi connectivity index (χ3v) is 6.03. The number of nitrogens with zero attached hydrogens (tertiary/aromatic N) is 2. The molecule has 0 aliphatic rings. The number of para-hydroxylation sites is 1. The average molecular weight is 440 g/mol. The molecule has 0 aliphatic carbocycles. The van der Waals surface area contributed by atoms with Crippen LogP contribution in [0.25, 0.3) is 15.9 Å². The first kappa shape index (κ1) is 20.1. The van der Waals surface area contributed by atoms with Crippen LogP contribution in [0.2, 0.25) is 5.02 Å². The van der Waals surface area contributed by atoms with E-state index in [4.69, 9.17) is 11.6 Å². The number of benzene rings is 2. The number of anilines is 1. The molecule has 0 spiro atoms. The van der Waals surface area contributed by atoms with E-state index in [1.54, 1.807) is 35.7 Å². The predicted molar refractivity (Wildman–Crippen MR) is 121 cm³/mol. The Kier molecular flexibility index (Phi) is 5.32. The average Bonchev–Trinajstić information content (AvgIpc) is 3.20. The van der Waals surface area contributed by atoms with Crippen LogP contribution < -0.4 is 16.6 Å². The highest BCUT2D eigenvalue weighted by Crippen LogP contribution is 2.20. The molecule has 6 nitrogen and oxygen atoms in total. The Bertz CT molecular complexity index is 1360. The van der Waals surface area contributed by atoms with Gasteiger partial charge in [0.2, 0.25) is 5.91 Å². The smallest absolute Gasteiger partial charge is 0.324 e. The minimum atomic E-state index is -0.579. The first-order chi connectivity index (χ1) is 14.4. The highest BCUT2D eigenvalue weighted by Gasteiger charge is 2.18. The van der Waals surface area contributed by atoms with Crippen LogP contribution in [-0.4, -0.2) is 15.0 Å². The molecule has 152 valence electrons. The van der Waals surface area contributed by atoms with Crippen molar-refractivity contribution in [3.63, 3.8) is 0 Å². The number of rotatable bonds is 4. The van der Waals surface area contributed by atoms with Crippen molar-refractivity contribution in [2.45, 2.75) is 20.4 Å². The van der Waals surface area contributed by atoms with Crippen molar-refractivity contribution >= 4 is 44.7 Å². The molecular formula is C22H18ClN3O3S. The second kappa shape index (κ2) is 7.93. The van der Waals surface area contributed by atoms with Gasteiger partial charge in [-0.3, -0.25) is 14.2 Å². The molecule has 2 aromatic heterocycles. The first-order valence-electron chi connectivity index (χ1n) is 9.22. The minimum absolute atomic E-state index is 0.215. The van der Waals surface area contributed by atoms with Crippen molar-refractivity contribution < 1.29 is 4.79 Å². The Balaban J connectivity index is 1.80. The Morgan fingerprint density at radius 3 is 2.37 bits per heavy atom. The van der Waals surface area contributed by atoms with E-state index in [2.05, 4.69) is 5.32 Å². The van der Waals surface area contributed by atoms with Crippen molar-refractivity contribution in [2.24, 2.45) is 0 Å². The highest BCUT2D eigenvalue weighted by atomic mass is 35.5. The van der Waals surface area contributed by atoms with Gasteiger partial charge in [0, 0.05) is 10.7 Å². The number of aryl methyl sites for hydroxylation is 2. The second-order valence-electron chi connectivity index (χ2n) is 6.94. The van der Waals surface area contributed by atoms with Gasteiger partial charge in [-0.15, -0.1) is 11.3 Å². The summed E-state index contributed by atoms with van der Waals surface area (Å²) in [4.78, 5) is 39.0. The van der Waals surface area contributed by atoms with Crippen LogP contribution in [0, 0.1) is 13.8 Å². The number of hydrogen-bond donors (Lipinski definition) is 1. The number of carbonyl (C=O) groups is 1. The number of halogens is 1. The predicted octanol–water partition coefficient (Wildman–Crippen LogP) is 4.12. The number of carbonyl (C=O) groups excluding carboxylic acids is 1. The standard InChI is InChI=1S/C22H18ClN3O3S/c1-13-4-3-5-14(2)19(13)24-18(27)12-25-17-10-11-30-20(17)21(28)26(22(25)29)16-8-6-15(23)7-9-16/h3-11H,12H2,1-2H3,(H,24,27). The number of fused-ring (bicyclic) bond motifs is 1. The number of hydrogen-bond acceptors (Lipinski definition) is 4. The Labute approximate surface area is 181 Å². The third kappa shape index (κ3) is 3.58. The first-order valence-corrected chi connectivity index (χ1v) is 10.5. The summed E-state index contributed by atoms with van der Waals surface area (Å²) in [5, 5.41) is 5.12. The molecule has 1 amide bonds. The van der Waals surface area contributed by atoms with Crippen molar-refractivity contribution in [1.29, 1.82) is 0 Å². The maximum atomic E-state index is 13.2. The van der Waals surface area contributed by atoms with Crippen LogP contribution in [-0.2, 0) is 11.3 Å². The van der Waals surface area contributed by atoms with Crippen molar-refractivity contribution in [3.8, 4) is 5.69 Å². The molecule has 2 heterocycles. The van der Waals surface area contributed by atoms with Crippen LogP contribution in [0.15, 0.2) is 63.5 Å². The summed E-state index contributed by atoms with van der Waals surface area (Å²) in [6.07, 6.45) is 0. The molecule has 0 atom stereocenters. The molecule has 1 N–H and O–H groups in total. The lowest BCUT2D eigenvalue weighted by Crippen LogP contribution is -2.40. The fraction of sp³-hybridized carbons (Fsp3) is 0.136. The molecule has 0 bridgehead atoms. The van der Waals surface area contributed by atoms with Gasteiger partial charge in [-0.05, 0) is 60.7 Å². The van der Waals surface area contributed by atoms with Crippen LogP contribution in [0.5, 0.6) is 0 Å². The van der Waals surface area contributed by atoms with Crippen LogP contribution in [0.4, 0.5) is 5.69 Å². The molecule has 30 heavy (non-hydrogen) atoms. The van der Waals surface area contributed by atoms with Gasteiger partial charge in [-0.2, -0.15) is 0 Å². The molecule has 0 saturated carbocycles. The van der Waals surface area contributed by atoms with Gasteiger partial charge in [-0.25, -0.2) is 9.36 Å². The molecule has 4 aromatic rings. The summed E-state index contributed by atoms with van der Waals surface area (Å²) in [7, 11) is 0. The fourth-order valence-electron chi connectivity index (χ4n) is 3.39. The molecule has 4 rings (SSSR count). The maximum absolute atomic E-state index is 13.2. The summed E-state index contributed by atoms with van der Waals surface area (Å²) < 4.78 is 2.80. The van der Waals surface area contributed by atoms with E-state index in [0.717, 1.165) is 21.4 Å². The highest BCUT2D eigenvalue weighted by molar-refractivity contribution is 7.17. The summed E-state index contributed by atoms with van der Waals surface area (Å²) in [6, 6.07) is 13.8. The van der Waals surface area contributed by atoms with Gasteiger partial charge in [0.1, 0.15) is 11.2 Å². The second-order valence-corrected chi connectivity index (χ2v) is 8.29. The molecule has 8 heteroatoms. The maximum Gasteiger partial charge on any atom is 0.336 e. The lowest BCUT2D eigenvalue weighted by atomic mass is 10.1. The number of nitrogens with one attached hydrogen (secondary N) is 1. The zero-order chi connectivity index (χ0) is 21.4. The molecule has 0 fully saturated rings. The van der Waals surface area contributed by atoms with Crippen molar-refractivity contribution in [2.75, 3.05) is 5.32 Å². The third-order valence-electron chi connectivity index (χ3n) is 4.89. The molecule has 2 aromatic carbocycles. The Hall–Kier alpha value is -3.16. The van der Waals surface area contributed by atoms with Crippen LogP contribution in [0.1, 0.15) is 11.1 Å². The zero-order valence-electron chi connectivity index (χ0n) is 16.3. The monoisotopic (exact) mass is 439 g/mol. The number of amides is 1. The van der Waals surface area contributed by atoms with Crippen LogP contribution >= 0.6 is 22.9 Å². The van der Waals surface area contributed by atoms with Crippen LogP contribution in [0.3, 0.4) is 0 Å². The van der Waals surface area contributed by atoms with Gasteiger partial charge >= 0.3 is 5.69 Å². The van der Waals surface area contributed by atoms with E-state index in [1.165, 1.54) is 15.9 Å². The largest absolute Gasteiger partial charge is 0.336 e. The van der Waals surface area contributed by atoms with Crippen molar-refractivity contribution in [3.05, 3.63) is 90.9 Å². The molecule has 0 unspecified atom stereocenters. The van der Waals surface area contributed by atoms with Gasteiger partial charge in [-0.1, -0.05) is 29.8 Å². The van der Waals surface area contributed by atoms with E-state index >= 15 is 0 Å². The van der Waals surface area contributed by atoms with Gasteiger partial charge in [0.05, 0.1) is 11.2 Å². The SMILES string of the molecule is Cc1cccc(C)c1NC(=O)Cn1c(=O)n(-c2ccc(Cl)cc2)c(=O)c2sccc21. The molecular weight excluding hydrogens is 422 g/mol. The summed E-state index contributed by atoms with van der Waals surface area (Å²) in [6.45, 7) is 3.60. The topological polar surface area (TPSA) is 73.1 Å². The van der Waals surface area contributed by atoms with E-state index in [0.29, 0.717) is 20.9 Å².